The van der Waals surface area contributed by atoms with Crippen LogP contribution < -0.4 is 5.32 Å². The predicted octanol–water partition coefficient (Wildman–Crippen LogP) is 0.408. The highest BCUT2D eigenvalue weighted by Gasteiger charge is 2.20. The molecule has 0 spiro atoms. The SMILES string of the molecule is O=C1COC[C@H](c2ccnc(F)c2)N1. The summed E-state index contributed by atoms with van der Waals surface area (Å²) in [7, 11) is 0. The Morgan fingerprint density at radius 3 is 3.21 bits per heavy atom. The van der Waals surface area contributed by atoms with Gasteiger partial charge in [-0.05, 0) is 17.7 Å². The first-order chi connectivity index (χ1) is 6.75. The summed E-state index contributed by atoms with van der Waals surface area (Å²) in [5, 5.41) is 2.70. The van der Waals surface area contributed by atoms with Gasteiger partial charge in [0.05, 0.1) is 12.6 Å². The van der Waals surface area contributed by atoms with E-state index < -0.39 is 5.95 Å². The van der Waals surface area contributed by atoms with E-state index in [0.29, 0.717) is 12.2 Å². The number of aromatic nitrogens is 1. The lowest BCUT2D eigenvalue weighted by Gasteiger charge is -2.23. The van der Waals surface area contributed by atoms with Crippen LogP contribution in [0.4, 0.5) is 4.39 Å². The van der Waals surface area contributed by atoms with Gasteiger partial charge in [-0.2, -0.15) is 4.39 Å². The second-order valence-electron chi connectivity index (χ2n) is 3.05. The molecule has 0 saturated carbocycles. The zero-order valence-electron chi connectivity index (χ0n) is 7.37. The molecule has 1 aromatic rings. The van der Waals surface area contributed by atoms with Crippen molar-refractivity contribution in [1.82, 2.24) is 10.3 Å². The molecule has 1 saturated heterocycles. The van der Waals surface area contributed by atoms with Crippen molar-refractivity contribution >= 4 is 5.91 Å². The molecule has 2 rings (SSSR count). The van der Waals surface area contributed by atoms with E-state index in [0.717, 1.165) is 0 Å². The summed E-state index contributed by atoms with van der Waals surface area (Å²) in [6, 6.07) is 2.68. The quantitative estimate of drug-likeness (QED) is 0.662. The molecule has 2 heterocycles. The van der Waals surface area contributed by atoms with Crippen LogP contribution >= 0.6 is 0 Å². The van der Waals surface area contributed by atoms with Crippen LogP contribution in [-0.4, -0.2) is 24.1 Å². The van der Waals surface area contributed by atoms with Gasteiger partial charge in [-0.3, -0.25) is 4.79 Å². The maximum absolute atomic E-state index is 12.8. The monoisotopic (exact) mass is 196 g/mol. The summed E-state index contributed by atoms with van der Waals surface area (Å²) in [6.07, 6.45) is 1.37. The minimum atomic E-state index is -0.553. The van der Waals surface area contributed by atoms with Gasteiger partial charge >= 0.3 is 0 Å². The maximum atomic E-state index is 12.8. The lowest BCUT2D eigenvalue weighted by atomic mass is 10.1. The highest BCUT2D eigenvalue weighted by Crippen LogP contribution is 2.15. The first kappa shape index (κ1) is 9.08. The summed E-state index contributed by atoms with van der Waals surface area (Å²) < 4.78 is 17.8. The molecule has 1 aromatic heterocycles. The van der Waals surface area contributed by atoms with Crippen molar-refractivity contribution in [3.8, 4) is 0 Å². The van der Waals surface area contributed by atoms with E-state index in [9.17, 15) is 9.18 Å². The van der Waals surface area contributed by atoms with Crippen molar-refractivity contribution in [2.75, 3.05) is 13.2 Å². The number of rotatable bonds is 1. The largest absolute Gasteiger partial charge is 0.369 e. The van der Waals surface area contributed by atoms with Crippen LogP contribution in [0.25, 0.3) is 0 Å². The average molecular weight is 196 g/mol. The molecular weight excluding hydrogens is 187 g/mol. The van der Waals surface area contributed by atoms with Crippen LogP contribution in [-0.2, 0) is 9.53 Å². The lowest BCUT2D eigenvalue weighted by Crippen LogP contribution is -2.39. The number of halogens is 1. The molecule has 0 bridgehead atoms. The van der Waals surface area contributed by atoms with Gasteiger partial charge in [0, 0.05) is 6.20 Å². The molecule has 74 valence electrons. The van der Waals surface area contributed by atoms with Crippen molar-refractivity contribution in [2.24, 2.45) is 0 Å². The number of carbonyl (C=O) groups is 1. The number of nitrogens with zero attached hydrogens (tertiary/aromatic N) is 1. The van der Waals surface area contributed by atoms with Gasteiger partial charge in [-0.1, -0.05) is 0 Å². The number of pyridine rings is 1. The van der Waals surface area contributed by atoms with Crippen LogP contribution in [0.5, 0.6) is 0 Å². The lowest BCUT2D eigenvalue weighted by molar-refractivity contribution is -0.131. The van der Waals surface area contributed by atoms with Gasteiger partial charge in [-0.25, -0.2) is 4.98 Å². The van der Waals surface area contributed by atoms with E-state index >= 15 is 0 Å². The third-order valence-corrected chi connectivity index (χ3v) is 2.01. The van der Waals surface area contributed by atoms with E-state index in [1.165, 1.54) is 12.3 Å². The second-order valence-corrected chi connectivity index (χ2v) is 3.05. The summed E-state index contributed by atoms with van der Waals surface area (Å²) in [5.74, 6) is -0.735. The van der Waals surface area contributed by atoms with Crippen LogP contribution in [0.15, 0.2) is 18.3 Å². The van der Waals surface area contributed by atoms with Gasteiger partial charge in [-0.15, -0.1) is 0 Å². The molecule has 0 aromatic carbocycles. The van der Waals surface area contributed by atoms with Gasteiger partial charge in [0.2, 0.25) is 11.9 Å². The fraction of sp³-hybridized carbons (Fsp3) is 0.333. The molecule has 5 heteroatoms. The van der Waals surface area contributed by atoms with Gasteiger partial charge < -0.3 is 10.1 Å². The molecule has 0 aliphatic carbocycles. The highest BCUT2D eigenvalue weighted by molar-refractivity contribution is 5.78. The Bertz CT molecular complexity index is 356. The third-order valence-electron chi connectivity index (χ3n) is 2.01. The molecule has 1 aliphatic rings. The number of hydrogen-bond acceptors (Lipinski definition) is 3. The zero-order valence-corrected chi connectivity index (χ0v) is 7.37. The maximum Gasteiger partial charge on any atom is 0.246 e. The minimum Gasteiger partial charge on any atom is -0.369 e. The van der Waals surface area contributed by atoms with Gasteiger partial charge in [0.1, 0.15) is 6.61 Å². The second kappa shape index (κ2) is 3.71. The average Bonchev–Trinajstić information content (AvgIpc) is 2.18. The van der Waals surface area contributed by atoms with Crippen molar-refractivity contribution in [1.29, 1.82) is 0 Å². The Kier molecular flexibility index (Phi) is 2.41. The van der Waals surface area contributed by atoms with Crippen molar-refractivity contribution in [3.05, 3.63) is 29.8 Å². The summed E-state index contributed by atoms with van der Waals surface area (Å²) in [4.78, 5) is 14.4. The van der Waals surface area contributed by atoms with E-state index in [4.69, 9.17) is 4.74 Å². The fourth-order valence-corrected chi connectivity index (χ4v) is 1.36. The minimum absolute atomic E-state index is 0.0735. The summed E-state index contributed by atoms with van der Waals surface area (Å²) in [5.41, 5.74) is 0.672. The smallest absolute Gasteiger partial charge is 0.246 e. The van der Waals surface area contributed by atoms with Crippen LogP contribution in [0, 0.1) is 5.95 Å². The Morgan fingerprint density at radius 2 is 2.50 bits per heavy atom. The molecule has 0 unspecified atom stereocenters. The van der Waals surface area contributed by atoms with Crippen LogP contribution in [0.2, 0.25) is 0 Å². The molecule has 1 atom stereocenters. The third kappa shape index (κ3) is 1.88. The van der Waals surface area contributed by atoms with Gasteiger partial charge in [0.15, 0.2) is 0 Å². The topological polar surface area (TPSA) is 51.2 Å². The number of morpholine rings is 1. The molecular formula is C9H9FN2O2. The summed E-state index contributed by atoms with van der Waals surface area (Å²) >= 11 is 0. The molecule has 0 radical (unpaired) electrons. The van der Waals surface area contributed by atoms with Crippen molar-refractivity contribution in [2.45, 2.75) is 6.04 Å². The van der Waals surface area contributed by atoms with Crippen LogP contribution in [0.1, 0.15) is 11.6 Å². The standard InChI is InChI=1S/C9H9FN2O2/c10-8-3-6(1-2-11-8)7-4-14-5-9(13)12-7/h1-3,7H,4-5H2,(H,12,13)/t7-/m1/s1. The van der Waals surface area contributed by atoms with Crippen molar-refractivity contribution < 1.29 is 13.9 Å². The Labute approximate surface area is 80.1 Å². The van der Waals surface area contributed by atoms with E-state index in [-0.39, 0.29) is 18.6 Å². The molecule has 4 nitrogen and oxygen atoms in total. The van der Waals surface area contributed by atoms with E-state index in [1.54, 1.807) is 6.07 Å². The number of amides is 1. The molecule has 1 aliphatic heterocycles. The number of hydrogen-bond donors (Lipinski definition) is 1. The van der Waals surface area contributed by atoms with Crippen molar-refractivity contribution in [3.63, 3.8) is 0 Å². The molecule has 14 heavy (non-hydrogen) atoms. The van der Waals surface area contributed by atoms with E-state index in [1.807, 2.05) is 0 Å². The number of carbonyl (C=O) groups excluding carboxylic acids is 1. The Morgan fingerprint density at radius 1 is 1.64 bits per heavy atom. The molecule has 1 amide bonds. The fourth-order valence-electron chi connectivity index (χ4n) is 1.36. The first-order valence-electron chi connectivity index (χ1n) is 4.24. The number of ether oxygens (including phenoxy) is 1. The number of nitrogens with one attached hydrogen (secondary N) is 1. The molecule has 1 fully saturated rings. The summed E-state index contributed by atoms with van der Waals surface area (Å²) in [6.45, 7) is 0.444. The van der Waals surface area contributed by atoms with E-state index in [2.05, 4.69) is 10.3 Å². The van der Waals surface area contributed by atoms with Crippen LogP contribution in [0.3, 0.4) is 0 Å². The normalized spacial score (nSPS) is 21.8. The Hall–Kier alpha value is -1.49. The zero-order chi connectivity index (χ0) is 9.97. The predicted molar refractivity (Wildman–Crippen MR) is 45.9 cm³/mol. The first-order valence-corrected chi connectivity index (χ1v) is 4.24. The van der Waals surface area contributed by atoms with Gasteiger partial charge in [0.25, 0.3) is 0 Å². The highest BCUT2D eigenvalue weighted by atomic mass is 19.1. The molecule has 1 N–H and O–H groups in total. The Balaban J connectivity index is 2.17.